The van der Waals surface area contributed by atoms with E-state index < -0.39 is 0 Å². The monoisotopic (exact) mass is 253 g/mol. The van der Waals surface area contributed by atoms with Crippen LogP contribution in [0.25, 0.3) is 0 Å². The number of hydrogen-bond acceptors (Lipinski definition) is 2. The topological polar surface area (TPSA) is 32.3 Å². The molecule has 0 aliphatic heterocycles. The summed E-state index contributed by atoms with van der Waals surface area (Å²) >= 11 is 5.92. The van der Waals surface area contributed by atoms with Crippen LogP contribution in [0.3, 0.4) is 0 Å². The van der Waals surface area contributed by atoms with Gasteiger partial charge in [0.1, 0.15) is 5.75 Å². The molecule has 1 fully saturated rings. The highest BCUT2D eigenvalue weighted by Gasteiger charge is 2.21. The molecule has 0 spiro atoms. The highest BCUT2D eigenvalue weighted by atomic mass is 35.5. The van der Waals surface area contributed by atoms with E-state index in [1.165, 1.54) is 25.7 Å². The molecule has 0 amide bonds. The van der Waals surface area contributed by atoms with Crippen molar-refractivity contribution in [2.24, 2.45) is 5.92 Å². The molecule has 17 heavy (non-hydrogen) atoms. The van der Waals surface area contributed by atoms with Crippen molar-refractivity contribution < 1.29 is 5.11 Å². The van der Waals surface area contributed by atoms with E-state index in [-0.39, 0.29) is 0 Å². The Morgan fingerprint density at radius 2 is 2.12 bits per heavy atom. The van der Waals surface area contributed by atoms with Crippen LogP contribution in [0.15, 0.2) is 18.2 Å². The first kappa shape index (κ1) is 12.7. The maximum atomic E-state index is 9.71. The largest absolute Gasteiger partial charge is 0.508 e. The summed E-state index contributed by atoms with van der Waals surface area (Å²) in [5.74, 6) is 1.11. The Bertz CT molecular complexity index is 374. The summed E-state index contributed by atoms with van der Waals surface area (Å²) < 4.78 is 0. The second-order valence-corrected chi connectivity index (χ2v) is 5.42. The summed E-state index contributed by atoms with van der Waals surface area (Å²) in [6, 6.07) is 5.70. The molecule has 2 nitrogen and oxygen atoms in total. The van der Waals surface area contributed by atoms with Gasteiger partial charge >= 0.3 is 0 Å². The number of halogens is 1. The zero-order valence-corrected chi connectivity index (χ0v) is 11.0. The molecule has 0 bridgehead atoms. The van der Waals surface area contributed by atoms with E-state index in [0.717, 1.165) is 11.5 Å². The molecular formula is C14H20ClNO. The number of nitrogens with one attached hydrogen (secondary N) is 1. The molecule has 1 saturated carbocycles. The molecule has 1 aliphatic carbocycles. The molecule has 1 aromatic carbocycles. The molecule has 0 heterocycles. The van der Waals surface area contributed by atoms with Crippen LogP contribution >= 0.6 is 11.6 Å². The third-order valence-electron chi connectivity index (χ3n) is 3.76. The predicted octanol–water partition coefficient (Wildman–Crippen LogP) is 3.71. The Hall–Kier alpha value is -0.730. The van der Waals surface area contributed by atoms with Crippen LogP contribution in [0.5, 0.6) is 5.75 Å². The van der Waals surface area contributed by atoms with Crippen molar-refractivity contribution in [1.82, 2.24) is 5.32 Å². The Balaban J connectivity index is 1.90. The predicted molar refractivity (Wildman–Crippen MR) is 71.4 cm³/mol. The van der Waals surface area contributed by atoms with Crippen LogP contribution < -0.4 is 5.32 Å². The summed E-state index contributed by atoms with van der Waals surface area (Å²) in [6.45, 7) is 2.92. The van der Waals surface area contributed by atoms with E-state index in [4.69, 9.17) is 11.6 Å². The Morgan fingerprint density at radius 3 is 2.82 bits per heavy atom. The molecule has 1 aliphatic rings. The van der Waals surface area contributed by atoms with Crippen molar-refractivity contribution in [3.05, 3.63) is 28.8 Å². The van der Waals surface area contributed by atoms with Gasteiger partial charge in [0.05, 0.1) is 0 Å². The first-order valence-corrected chi connectivity index (χ1v) is 6.75. The molecule has 0 aromatic heterocycles. The fourth-order valence-electron chi connectivity index (χ4n) is 2.59. The lowest BCUT2D eigenvalue weighted by Crippen LogP contribution is -2.31. The number of hydrogen-bond donors (Lipinski definition) is 2. The number of phenolic OH excluding ortho intramolecular Hbond substituents is 1. The van der Waals surface area contributed by atoms with E-state index in [1.54, 1.807) is 12.1 Å². The van der Waals surface area contributed by atoms with Crippen molar-refractivity contribution in [3.63, 3.8) is 0 Å². The molecule has 0 unspecified atom stereocenters. The average Bonchev–Trinajstić information content (AvgIpc) is 2.83. The molecule has 1 atom stereocenters. The molecule has 94 valence electrons. The van der Waals surface area contributed by atoms with Crippen molar-refractivity contribution in [2.75, 3.05) is 0 Å². The first-order chi connectivity index (χ1) is 8.16. The SMILES string of the molecule is C[C@@H](NCc1cc(Cl)ccc1O)C1CCCC1. The molecule has 2 rings (SSSR count). The normalized spacial score (nSPS) is 18.5. The van der Waals surface area contributed by atoms with Gasteiger partial charge in [-0.1, -0.05) is 24.4 Å². The van der Waals surface area contributed by atoms with Gasteiger partial charge in [0.25, 0.3) is 0 Å². The highest BCUT2D eigenvalue weighted by molar-refractivity contribution is 6.30. The van der Waals surface area contributed by atoms with E-state index in [9.17, 15) is 5.11 Å². The maximum absolute atomic E-state index is 9.71. The van der Waals surface area contributed by atoms with Crippen molar-refractivity contribution >= 4 is 11.6 Å². The molecule has 0 saturated heterocycles. The van der Waals surface area contributed by atoms with Gasteiger partial charge in [-0.2, -0.15) is 0 Å². The van der Waals surface area contributed by atoms with Crippen molar-refractivity contribution in [2.45, 2.75) is 45.2 Å². The zero-order chi connectivity index (χ0) is 12.3. The van der Waals surface area contributed by atoms with Crippen LogP contribution in [0.4, 0.5) is 0 Å². The van der Waals surface area contributed by atoms with Gasteiger partial charge in [-0.05, 0) is 43.9 Å². The lowest BCUT2D eigenvalue weighted by molar-refractivity contribution is 0.376. The number of rotatable bonds is 4. The summed E-state index contributed by atoms with van der Waals surface area (Å²) in [5.41, 5.74) is 0.877. The zero-order valence-electron chi connectivity index (χ0n) is 10.2. The minimum Gasteiger partial charge on any atom is -0.508 e. The minimum absolute atomic E-state index is 0.320. The van der Waals surface area contributed by atoms with Crippen LogP contribution in [-0.4, -0.2) is 11.1 Å². The number of aromatic hydroxyl groups is 1. The third kappa shape index (κ3) is 3.36. The Kier molecular flexibility index (Phi) is 4.30. The Morgan fingerprint density at radius 1 is 1.41 bits per heavy atom. The lowest BCUT2D eigenvalue weighted by Gasteiger charge is -2.20. The third-order valence-corrected chi connectivity index (χ3v) is 4.00. The Labute approximate surface area is 108 Å². The van der Waals surface area contributed by atoms with Crippen LogP contribution in [-0.2, 0) is 6.54 Å². The van der Waals surface area contributed by atoms with Crippen molar-refractivity contribution in [3.8, 4) is 5.75 Å². The van der Waals surface area contributed by atoms with Gasteiger partial charge in [-0.3, -0.25) is 0 Å². The van der Waals surface area contributed by atoms with Crippen molar-refractivity contribution in [1.29, 1.82) is 0 Å². The first-order valence-electron chi connectivity index (χ1n) is 6.37. The smallest absolute Gasteiger partial charge is 0.120 e. The van der Waals surface area contributed by atoms with Crippen LogP contribution in [0.2, 0.25) is 5.02 Å². The highest BCUT2D eigenvalue weighted by Crippen LogP contribution is 2.28. The minimum atomic E-state index is 0.320. The second-order valence-electron chi connectivity index (χ2n) is 4.99. The van der Waals surface area contributed by atoms with Gasteiger partial charge in [-0.25, -0.2) is 0 Å². The maximum Gasteiger partial charge on any atom is 0.120 e. The van der Waals surface area contributed by atoms with E-state index in [2.05, 4.69) is 12.2 Å². The van der Waals surface area contributed by atoms with Crippen LogP contribution in [0, 0.1) is 5.92 Å². The van der Waals surface area contributed by atoms with E-state index in [1.807, 2.05) is 6.07 Å². The standard InChI is InChI=1S/C14H20ClNO/c1-10(11-4-2-3-5-11)16-9-12-8-13(15)6-7-14(12)17/h6-8,10-11,16-17H,2-5,9H2,1H3/t10-/m1/s1. The molecule has 3 heteroatoms. The van der Waals surface area contributed by atoms with E-state index in [0.29, 0.717) is 23.4 Å². The summed E-state index contributed by atoms with van der Waals surface area (Å²) in [6.07, 6.45) is 5.38. The van der Waals surface area contributed by atoms with Gasteiger partial charge in [0, 0.05) is 23.2 Å². The quantitative estimate of drug-likeness (QED) is 0.857. The van der Waals surface area contributed by atoms with Gasteiger partial charge in [0.2, 0.25) is 0 Å². The van der Waals surface area contributed by atoms with Gasteiger partial charge < -0.3 is 10.4 Å². The fourth-order valence-corrected chi connectivity index (χ4v) is 2.79. The molecular weight excluding hydrogens is 234 g/mol. The lowest BCUT2D eigenvalue weighted by atomic mass is 9.99. The second kappa shape index (κ2) is 5.74. The van der Waals surface area contributed by atoms with E-state index >= 15 is 0 Å². The number of phenols is 1. The summed E-state index contributed by atoms with van der Waals surface area (Å²) in [5, 5.41) is 13.9. The summed E-state index contributed by atoms with van der Waals surface area (Å²) in [4.78, 5) is 0. The fraction of sp³-hybridized carbons (Fsp3) is 0.571. The molecule has 0 radical (unpaired) electrons. The van der Waals surface area contributed by atoms with Gasteiger partial charge in [-0.15, -0.1) is 0 Å². The van der Waals surface area contributed by atoms with Crippen LogP contribution in [0.1, 0.15) is 38.2 Å². The average molecular weight is 254 g/mol. The number of benzene rings is 1. The van der Waals surface area contributed by atoms with Gasteiger partial charge in [0.15, 0.2) is 0 Å². The molecule has 1 aromatic rings. The molecule has 2 N–H and O–H groups in total. The summed E-state index contributed by atoms with van der Waals surface area (Å²) in [7, 11) is 0.